The Morgan fingerprint density at radius 2 is 1.00 bits per heavy atom. The number of allylic oxidation sites excluding steroid dienone is 8. The Balaban J connectivity index is 3.61. The number of aliphatic hydroxyl groups excluding tert-OH is 1. The molecule has 0 aromatic heterocycles. The molecule has 1 amide bonds. The average Bonchev–Trinajstić information content (AvgIpc) is 3.16. The van der Waals surface area contributed by atoms with Crippen LogP contribution < -0.4 is 5.32 Å². The van der Waals surface area contributed by atoms with Crippen molar-refractivity contribution in [3.8, 4) is 0 Å². The van der Waals surface area contributed by atoms with Gasteiger partial charge in [0, 0.05) is 19.4 Å². The fourth-order valence-corrected chi connectivity index (χ4v) is 6.43. The highest BCUT2D eigenvalue weighted by Gasteiger charge is 2.23. The van der Waals surface area contributed by atoms with Gasteiger partial charge in [-0.2, -0.15) is 0 Å². The van der Waals surface area contributed by atoms with Crippen molar-refractivity contribution >= 4 is 19.7 Å². The summed E-state index contributed by atoms with van der Waals surface area (Å²) in [5.41, 5.74) is 0. The van der Waals surface area contributed by atoms with Gasteiger partial charge in [0.05, 0.1) is 13.2 Å². The molecule has 0 radical (unpaired) electrons. The maximum absolute atomic E-state index is 12.1. The second kappa shape index (κ2) is 40.6. The molecular weight excluding hydrogens is 701 g/mol. The predicted octanol–water partition coefficient (Wildman–Crippen LogP) is 11.9. The third-order valence-electron chi connectivity index (χ3n) is 8.98. The first-order chi connectivity index (χ1) is 26.3. The van der Waals surface area contributed by atoms with Gasteiger partial charge in [-0.3, -0.25) is 18.6 Å². The predicted molar refractivity (Wildman–Crippen MR) is 224 cm³/mol. The molecule has 9 nitrogen and oxygen atoms in total. The van der Waals surface area contributed by atoms with Gasteiger partial charge in [0.1, 0.15) is 12.7 Å². The molecule has 2 atom stereocenters. The summed E-state index contributed by atoms with van der Waals surface area (Å²) < 4.78 is 26.8. The molecule has 0 bridgehead atoms. The van der Waals surface area contributed by atoms with Gasteiger partial charge in [-0.1, -0.05) is 146 Å². The van der Waals surface area contributed by atoms with Crippen molar-refractivity contribution in [3.05, 3.63) is 48.6 Å². The average molecular weight is 782 g/mol. The number of amides is 1. The minimum Gasteiger partial charge on any atom is -0.463 e. The van der Waals surface area contributed by atoms with Crippen LogP contribution in [-0.2, 0) is 27.9 Å². The van der Waals surface area contributed by atoms with Gasteiger partial charge in [0.15, 0.2) is 0 Å². The first-order valence-electron chi connectivity index (χ1n) is 21.6. The number of carbonyl (C=O) groups is 2. The molecule has 0 saturated carbocycles. The zero-order chi connectivity index (χ0) is 39.6. The van der Waals surface area contributed by atoms with E-state index >= 15 is 0 Å². The molecule has 0 spiro atoms. The normalized spacial score (nSPS) is 13.8. The highest BCUT2D eigenvalue weighted by atomic mass is 31.2. The van der Waals surface area contributed by atoms with Crippen molar-refractivity contribution in [2.75, 3.05) is 26.4 Å². The smallest absolute Gasteiger partial charge is 0.463 e. The topological polar surface area (TPSA) is 131 Å². The number of carbonyl (C=O) groups excluding carboxylic acids is 2. The van der Waals surface area contributed by atoms with Crippen molar-refractivity contribution in [1.82, 2.24) is 5.32 Å². The third kappa shape index (κ3) is 41.1. The lowest BCUT2D eigenvalue weighted by Crippen LogP contribution is -2.27. The van der Waals surface area contributed by atoms with Gasteiger partial charge in [-0.05, 0) is 77.0 Å². The Bertz CT molecular complexity index is 1030. The van der Waals surface area contributed by atoms with E-state index in [0.717, 1.165) is 77.0 Å². The van der Waals surface area contributed by atoms with Gasteiger partial charge in [0.25, 0.3) is 0 Å². The van der Waals surface area contributed by atoms with E-state index in [1.807, 2.05) is 0 Å². The molecule has 0 saturated heterocycles. The minimum atomic E-state index is -4.42. The van der Waals surface area contributed by atoms with E-state index < -0.39 is 26.5 Å². The van der Waals surface area contributed by atoms with Crippen molar-refractivity contribution in [1.29, 1.82) is 0 Å². The maximum atomic E-state index is 12.1. The van der Waals surface area contributed by atoms with Crippen LogP contribution in [0.25, 0.3) is 0 Å². The van der Waals surface area contributed by atoms with E-state index in [4.69, 9.17) is 13.8 Å². The van der Waals surface area contributed by atoms with Crippen molar-refractivity contribution in [2.24, 2.45) is 0 Å². The Kier molecular flexibility index (Phi) is 39.1. The van der Waals surface area contributed by atoms with E-state index in [9.17, 15) is 24.2 Å². The Hall–Kier alpha value is -2.03. The lowest BCUT2D eigenvalue weighted by Gasteiger charge is -2.15. The molecule has 0 fully saturated rings. The molecule has 314 valence electrons. The minimum absolute atomic E-state index is 0.0752. The molecule has 0 aliphatic heterocycles. The quantitative estimate of drug-likeness (QED) is 0.0242. The molecule has 0 rings (SSSR count). The molecular formula is C44H80NO8P. The van der Waals surface area contributed by atoms with E-state index in [2.05, 4.69) is 67.8 Å². The van der Waals surface area contributed by atoms with E-state index in [0.29, 0.717) is 6.42 Å². The highest BCUT2D eigenvalue weighted by molar-refractivity contribution is 7.47. The number of unbranched alkanes of at least 4 members (excludes halogenated alkanes) is 19. The van der Waals surface area contributed by atoms with E-state index in [1.54, 1.807) is 0 Å². The van der Waals surface area contributed by atoms with Crippen LogP contribution in [0.15, 0.2) is 48.6 Å². The molecule has 0 aromatic carbocycles. The first kappa shape index (κ1) is 52.0. The summed E-state index contributed by atoms with van der Waals surface area (Å²) in [6, 6.07) is 0. The summed E-state index contributed by atoms with van der Waals surface area (Å²) in [4.78, 5) is 33.9. The van der Waals surface area contributed by atoms with Crippen LogP contribution in [0.4, 0.5) is 0 Å². The number of aliphatic hydroxyl groups is 1. The lowest BCUT2D eigenvalue weighted by atomic mass is 10.1. The number of hydrogen-bond donors (Lipinski definition) is 3. The van der Waals surface area contributed by atoms with E-state index in [1.165, 1.54) is 83.5 Å². The van der Waals surface area contributed by atoms with Crippen molar-refractivity contribution in [2.45, 2.75) is 193 Å². The summed E-state index contributed by atoms with van der Waals surface area (Å²) in [6.45, 7) is 3.48. The number of nitrogens with one attached hydrogen (secondary N) is 1. The SMILES string of the molecule is CCCCC/C=C\C/C=C\C/C=C\CCCCCCCCCCC(=O)NCCOP(=O)(O)OCC(O)COC(=O)CCCCCCC/C=C\CCCCC. The number of rotatable bonds is 40. The third-order valence-corrected chi connectivity index (χ3v) is 9.97. The largest absolute Gasteiger partial charge is 0.472 e. The van der Waals surface area contributed by atoms with Crippen LogP contribution in [0, 0.1) is 0 Å². The zero-order valence-corrected chi connectivity index (χ0v) is 35.3. The number of hydrogen-bond acceptors (Lipinski definition) is 7. The monoisotopic (exact) mass is 782 g/mol. The summed E-state index contributed by atoms with van der Waals surface area (Å²) in [5.74, 6) is -0.535. The lowest BCUT2D eigenvalue weighted by molar-refractivity contribution is -0.147. The molecule has 10 heteroatoms. The van der Waals surface area contributed by atoms with Crippen LogP contribution in [0.5, 0.6) is 0 Å². The Morgan fingerprint density at radius 3 is 1.52 bits per heavy atom. The van der Waals surface area contributed by atoms with Crippen LogP contribution in [-0.4, -0.2) is 54.3 Å². The van der Waals surface area contributed by atoms with Gasteiger partial charge in [0.2, 0.25) is 5.91 Å². The summed E-state index contributed by atoms with van der Waals surface area (Å²) in [7, 11) is -4.42. The van der Waals surface area contributed by atoms with E-state index in [-0.39, 0.29) is 32.1 Å². The molecule has 2 unspecified atom stereocenters. The summed E-state index contributed by atoms with van der Waals surface area (Å²) >= 11 is 0. The van der Waals surface area contributed by atoms with Crippen molar-refractivity contribution in [3.63, 3.8) is 0 Å². The molecule has 0 aliphatic rings. The Morgan fingerprint density at radius 1 is 0.574 bits per heavy atom. The molecule has 0 heterocycles. The second-order valence-corrected chi connectivity index (χ2v) is 15.8. The molecule has 54 heavy (non-hydrogen) atoms. The van der Waals surface area contributed by atoms with Gasteiger partial charge in [-0.25, -0.2) is 4.57 Å². The maximum Gasteiger partial charge on any atom is 0.472 e. The molecule has 0 aliphatic carbocycles. The van der Waals surface area contributed by atoms with Crippen LogP contribution in [0.2, 0.25) is 0 Å². The fourth-order valence-electron chi connectivity index (χ4n) is 5.67. The zero-order valence-electron chi connectivity index (χ0n) is 34.4. The van der Waals surface area contributed by atoms with Crippen LogP contribution >= 0.6 is 7.82 Å². The van der Waals surface area contributed by atoms with Crippen LogP contribution in [0.1, 0.15) is 187 Å². The first-order valence-corrected chi connectivity index (χ1v) is 23.1. The van der Waals surface area contributed by atoms with Crippen LogP contribution in [0.3, 0.4) is 0 Å². The van der Waals surface area contributed by atoms with Gasteiger partial charge in [-0.15, -0.1) is 0 Å². The molecule has 0 aromatic rings. The summed E-state index contributed by atoms with van der Waals surface area (Å²) in [5, 5.41) is 12.7. The number of ether oxygens (including phenoxy) is 1. The van der Waals surface area contributed by atoms with Crippen molar-refractivity contribution < 1.29 is 37.9 Å². The summed E-state index contributed by atoms with van der Waals surface area (Å²) in [6.07, 6.45) is 46.1. The Labute approximate surface area is 330 Å². The second-order valence-electron chi connectivity index (χ2n) is 14.3. The fraction of sp³-hybridized carbons (Fsp3) is 0.773. The number of esters is 1. The molecule has 3 N–H and O–H groups in total. The van der Waals surface area contributed by atoms with Gasteiger partial charge < -0.3 is 20.1 Å². The standard InChI is InChI=1S/C44H80NO8P/c1-3-5-7-9-11-13-15-17-18-19-20-21-22-23-24-25-26-28-30-32-34-36-43(47)45-38-39-52-54(49,50)53-41-42(46)40-51-44(48)37-35-33-31-29-27-16-14-12-10-8-6-4-2/h11-14,17-18,20-21,42,46H,3-10,15-16,19,22-41H2,1-2H3,(H,45,47)(H,49,50)/b13-11-,14-12-,18-17-,21-20-. The highest BCUT2D eigenvalue weighted by Crippen LogP contribution is 2.42. The number of phosphoric acid groups is 1. The number of phosphoric ester groups is 1. The van der Waals surface area contributed by atoms with Gasteiger partial charge >= 0.3 is 13.8 Å².